The Morgan fingerprint density at radius 1 is 1.12 bits per heavy atom. The summed E-state index contributed by atoms with van der Waals surface area (Å²) in [4.78, 5) is 17.5. The number of nitrogens with one attached hydrogen (secondary N) is 1. The third-order valence-corrected chi connectivity index (χ3v) is 5.91. The Bertz CT molecular complexity index is 756. The Morgan fingerprint density at radius 2 is 1.88 bits per heavy atom. The normalized spacial score (nSPS) is 22.2. The second kappa shape index (κ2) is 7.19. The maximum atomic E-state index is 12.7. The van der Waals surface area contributed by atoms with Gasteiger partial charge in [-0.25, -0.2) is 4.98 Å². The van der Waals surface area contributed by atoms with Crippen LogP contribution in [-0.2, 0) is 13.0 Å². The number of aryl methyl sites for hydroxylation is 1. The van der Waals surface area contributed by atoms with Gasteiger partial charge in [-0.2, -0.15) is 0 Å². The number of aromatic nitrogens is 2. The number of hydrogen-bond donors (Lipinski definition) is 1. The topological polar surface area (TPSA) is 46.9 Å². The van der Waals surface area contributed by atoms with Crippen LogP contribution in [0.2, 0.25) is 0 Å². The van der Waals surface area contributed by atoms with Crippen LogP contribution in [0, 0.1) is 5.92 Å². The van der Waals surface area contributed by atoms with Crippen molar-refractivity contribution in [3.63, 3.8) is 0 Å². The van der Waals surface area contributed by atoms with E-state index >= 15 is 0 Å². The van der Waals surface area contributed by atoms with Crippen LogP contribution in [0.15, 0.2) is 18.2 Å². The van der Waals surface area contributed by atoms with Gasteiger partial charge in [0.05, 0.1) is 11.0 Å². The maximum absolute atomic E-state index is 12.7. The van der Waals surface area contributed by atoms with E-state index in [1.54, 1.807) is 0 Å². The van der Waals surface area contributed by atoms with E-state index in [1.165, 1.54) is 49.9 Å². The molecule has 1 aliphatic heterocycles. The fraction of sp³-hybridized carbons (Fsp3) is 0.619. The fourth-order valence-corrected chi connectivity index (χ4v) is 4.36. The first kappa shape index (κ1) is 16.6. The van der Waals surface area contributed by atoms with E-state index in [0.29, 0.717) is 12.0 Å². The van der Waals surface area contributed by atoms with Crippen LogP contribution >= 0.6 is 0 Å². The summed E-state index contributed by atoms with van der Waals surface area (Å²) in [5.41, 5.74) is 2.89. The van der Waals surface area contributed by atoms with Gasteiger partial charge in [-0.3, -0.25) is 4.79 Å². The maximum Gasteiger partial charge on any atom is 0.251 e. The average Bonchev–Trinajstić information content (AvgIpc) is 2.93. The van der Waals surface area contributed by atoms with Crippen molar-refractivity contribution in [3.8, 4) is 0 Å². The predicted molar refractivity (Wildman–Crippen MR) is 101 cm³/mol. The van der Waals surface area contributed by atoms with E-state index < -0.39 is 0 Å². The standard InChI is InChI=1S/C21H29N3O/c1-15-11-12-24-19-10-9-16(14-18(19)23-20(24)13-15)21(25)22-17-7-5-3-2-4-6-8-17/h9-10,14-15,17H,2-8,11-13H2,1H3,(H,22,25)/t15-/m0/s1. The minimum atomic E-state index is 0.0619. The minimum Gasteiger partial charge on any atom is -0.349 e. The van der Waals surface area contributed by atoms with Gasteiger partial charge < -0.3 is 9.88 Å². The SMILES string of the molecule is C[C@H]1CCn2c(nc3cc(C(=O)NC4CCCCCCC4)ccc32)C1. The fourth-order valence-electron chi connectivity index (χ4n) is 4.36. The van der Waals surface area contributed by atoms with Crippen molar-refractivity contribution in [2.24, 2.45) is 5.92 Å². The molecular weight excluding hydrogens is 310 g/mol. The molecule has 1 N–H and O–H groups in total. The molecule has 0 radical (unpaired) electrons. The number of carbonyl (C=O) groups excluding carboxylic acids is 1. The van der Waals surface area contributed by atoms with Gasteiger partial charge in [0.2, 0.25) is 0 Å². The largest absolute Gasteiger partial charge is 0.349 e. The monoisotopic (exact) mass is 339 g/mol. The highest BCUT2D eigenvalue weighted by atomic mass is 16.1. The highest BCUT2D eigenvalue weighted by Crippen LogP contribution is 2.26. The number of rotatable bonds is 2. The zero-order valence-corrected chi connectivity index (χ0v) is 15.3. The summed E-state index contributed by atoms with van der Waals surface area (Å²) in [5, 5.41) is 3.26. The molecule has 1 aromatic carbocycles. The van der Waals surface area contributed by atoms with E-state index in [4.69, 9.17) is 4.98 Å². The first-order valence-electron chi connectivity index (χ1n) is 10.0. The van der Waals surface area contributed by atoms with Gasteiger partial charge in [0.1, 0.15) is 5.82 Å². The molecule has 0 unspecified atom stereocenters. The van der Waals surface area contributed by atoms with E-state index in [9.17, 15) is 4.79 Å². The van der Waals surface area contributed by atoms with Crippen LogP contribution < -0.4 is 5.32 Å². The number of carbonyl (C=O) groups is 1. The molecule has 1 saturated carbocycles. The summed E-state index contributed by atoms with van der Waals surface area (Å²) >= 11 is 0. The van der Waals surface area contributed by atoms with E-state index in [2.05, 4.69) is 22.9 Å². The number of hydrogen-bond acceptors (Lipinski definition) is 2. The molecule has 1 amide bonds. The Morgan fingerprint density at radius 3 is 2.68 bits per heavy atom. The van der Waals surface area contributed by atoms with Gasteiger partial charge in [0.25, 0.3) is 5.91 Å². The molecule has 4 nitrogen and oxygen atoms in total. The molecule has 2 aromatic rings. The van der Waals surface area contributed by atoms with Crippen molar-refractivity contribution in [1.29, 1.82) is 0 Å². The van der Waals surface area contributed by atoms with Crippen molar-refractivity contribution in [1.82, 2.24) is 14.9 Å². The summed E-state index contributed by atoms with van der Waals surface area (Å²) in [5.74, 6) is 1.93. The lowest BCUT2D eigenvalue weighted by Crippen LogP contribution is -2.35. The van der Waals surface area contributed by atoms with Gasteiger partial charge in [0, 0.05) is 24.6 Å². The molecule has 0 saturated heterocycles. The predicted octanol–water partition coefficient (Wildman–Crippen LogP) is 4.46. The number of benzene rings is 1. The van der Waals surface area contributed by atoms with Gasteiger partial charge in [-0.05, 0) is 43.4 Å². The summed E-state index contributed by atoms with van der Waals surface area (Å²) in [6.07, 6.45) is 10.9. The Balaban J connectivity index is 1.51. The molecule has 2 heterocycles. The Labute approximate surface area is 150 Å². The minimum absolute atomic E-state index is 0.0619. The second-order valence-corrected chi connectivity index (χ2v) is 8.00. The molecule has 1 atom stereocenters. The number of nitrogens with zero attached hydrogens (tertiary/aromatic N) is 2. The molecule has 134 valence electrons. The van der Waals surface area contributed by atoms with Crippen LogP contribution in [0.25, 0.3) is 11.0 Å². The zero-order chi connectivity index (χ0) is 17.2. The number of amides is 1. The molecule has 0 bridgehead atoms. The lowest BCUT2D eigenvalue weighted by atomic mass is 9.96. The third-order valence-electron chi connectivity index (χ3n) is 5.91. The van der Waals surface area contributed by atoms with E-state index in [-0.39, 0.29) is 5.91 Å². The second-order valence-electron chi connectivity index (χ2n) is 8.00. The van der Waals surface area contributed by atoms with Crippen molar-refractivity contribution in [2.45, 2.75) is 77.3 Å². The smallest absolute Gasteiger partial charge is 0.251 e. The van der Waals surface area contributed by atoms with Crippen LogP contribution in [0.5, 0.6) is 0 Å². The van der Waals surface area contributed by atoms with E-state index in [0.717, 1.165) is 36.9 Å². The van der Waals surface area contributed by atoms with Crippen LogP contribution in [-0.4, -0.2) is 21.5 Å². The number of imidazole rings is 1. The average molecular weight is 339 g/mol. The Hall–Kier alpha value is -1.84. The van der Waals surface area contributed by atoms with Crippen molar-refractivity contribution in [2.75, 3.05) is 0 Å². The van der Waals surface area contributed by atoms with Crippen LogP contribution in [0.1, 0.15) is 74.5 Å². The highest BCUT2D eigenvalue weighted by molar-refractivity contribution is 5.97. The van der Waals surface area contributed by atoms with Crippen LogP contribution in [0.3, 0.4) is 0 Å². The van der Waals surface area contributed by atoms with Gasteiger partial charge in [-0.15, -0.1) is 0 Å². The first-order chi connectivity index (χ1) is 12.2. The van der Waals surface area contributed by atoms with Crippen molar-refractivity contribution >= 4 is 16.9 Å². The van der Waals surface area contributed by atoms with Crippen molar-refractivity contribution in [3.05, 3.63) is 29.6 Å². The molecule has 4 rings (SSSR count). The van der Waals surface area contributed by atoms with E-state index in [1.807, 2.05) is 12.1 Å². The quantitative estimate of drug-likeness (QED) is 0.878. The molecule has 1 fully saturated rings. The molecule has 1 aliphatic carbocycles. The molecule has 0 spiro atoms. The molecular formula is C21H29N3O. The molecule has 2 aliphatic rings. The molecule has 1 aromatic heterocycles. The van der Waals surface area contributed by atoms with Gasteiger partial charge in [-0.1, -0.05) is 39.0 Å². The lowest BCUT2D eigenvalue weighted by Gasteiger charge is -2.21. The lowest BCUT2D eigenvalue weighted by molar-refractivity contribution is 0.0930. The third kappa shape index (κ3) is 3.58. The zero-order valence-electron chi connectivity index (χ0n) is 15.3. The van der Waals surface area contributed by atoms with Gasteiger partial charge in [0.15, 0.2) is 0 Å². The summed E-state index contributed by atoms with van der Waals surface area (Å²) in [7, 11) is 0. The summed E-state index contributed by atoms with van der Waals surface area (Å²) in [6, 6.07) is 6.35. The molecule has 4 heteroatoms. The summed E-state index contributed by atoms with van der Waals surface area (Å²) < 4.78 is 2.33. The first-order valence-corrected chi connectivity index (χ1v) is 10.0. The Kier molecular flexibility index (Phi) is 4.78. The molecule has 25 heavy (non-hydrogen) atoms. The van der Waals surface area contributed by atoms with Crippen LogP contribution in [0.4, 0.5) is 0 Å². The summed E-state index contributed by atoms with van der Waals surface area (Å²) in [6.45, 7) is 3.33. The number of fused-ring (bicyclic) bond motifs is 3. The van der Waals surface area contributed by atoms with Gasteiger partial charge >= 0.3 is 0 Å². The highest BCUT2D eigenvalue weighted by Gasteiger charge is 2.20. The van der Waals surface area contributed by atoms with Crippen molar-refractivity contribution < 1.29 is 4.79 Å².